The highest BCUT2D eigenvalue weighted by Gasteiger charge is 2.08. The molecule has 0 amide bonds. The number of ketones is 1. The van der Waals surface area contributed by atoms with Crippen LogP contribution < -0.4 is 0 Å². The summed E-state index contributed by atoms with van der Waals surface area (Å²) in [4.78, 5) is 11.4. The Bertz CT molecular complexity index is 195. The molecule has 1 nitrogen and oxygen atoms in total. The van der Waals surface area contributed by atoms with Crippen molar-refractivity contribution in [3.63, 3.8) is 0 Å². The van der Waals surface area contributed by atoms with Crippen LogP contribution in [0.15, 0.2) is 7.87 Å². The van der Waals surface area contributed by atoms with Crippen LogP contribution in [0.5, 0.6) is 0 Å². The molecule has 4 heteroatoms. The zero-order valence-electron chi connectivity index (χ0n) is 7.58. The van der Waals surface area contributed by atoms with Crippen LogP contribution in [0, 0.1) is 0 Å². The fourth-order valence-corrected chi connectivity index (χ4v) is 1.57. The molecule has 0 bridgehead atoms. The van der Waals surface area contributed by atoms with E-state index in [2.05, 4.69) is 54.7 Å². The lowest BCUT2D eigenvalue weighted by molar-refractivity contribution is -0.114. The zero-order chi connectivity index (χ0) is 10.3. The van der Waals surface area contributed by atoms with Gasteiger partial charge >= 0.3 is 0 Å². The third kappa shape index (κ3) is 6.86. The smallest absolute Gasteiger partial charge is 0.171 e. The molecule has 13 heavy (non-hydrogen) atoms. The van der Waals surface area contributed by atoms with Crippen molar-refractivity contribution in [1.29, 1.82) is 0 Å². The second kappa shape index (κ2) is 8.18. The minimum Gasteiger partial charge on any atom is -0.294 e. The Labute approximate surface area is 105 Å². The van der Waals surface area contributed by atoms with Crippen molar-refractivity contribution in [3.8, 4) is 0 Å². The van der Waals surface area contributed by atoms with E-state index in [1.165, 1.54) is 12.8 Å². The van der Waals surface area contributed by atoms with Gasteiger partial charge in [0.1, 0.15) is 0 Å². The quantitative estimate of drug-likeness (QED) is 0.477. The van der Waals surface area contributed by atoms with Crippen LogP contribution in [0.1, 0.15) is 39.0 Å². The van der Waals surface area contributed by atoms with Crippen LogP contribution in [0.4, 0.5) is 0 Å². The molecule has 0 spiro atoms. The van der Waals surface area contributed by atoms with Crippen molar-refractivity contribution in [2.24, 2.45) is 0 Å². The molecule has 0 N–H and O–H groups in total. The highest BCUT2D eigenvalue weighted by atomic mass is 79.9. The maximum atomic E-state index is 11.4. The number of carbonyl (C=O) groups excluding carboxylic acids is 1. The molecule has 0 aliphatic carbocycles. The molecule has 0 radical (unpaired) electrons. The van der Waals surface area contributed by atoms with E-state index in [0.29, 0.717) is 14.3 Å². The third-order valence-corrected chi connectivity index (χ3v) is 4.36. The normalized spacial score (nSPS) is 9.85. The lowest BCUT2D eigenvalue weighted by Gasteiger charge is -1.99. The zero-order valence-corrected chi connectivity index (χ0v) is 12.3. The fraction of sp³-hybridized carbons (Fsp3) is 0.667. The Kier molecular flexibility index (Phi) is 8.72. The summed E-state index contributed by atoms with van der Waals surface area (Å²) in [5, 5.41) is 0. The summed E-state index contributed by atoms with van der Waals surface area (Å²) in [7, 11) is 0. The van der Waals surface area contributed by atoms with Crippen LogP contribution in [0.2, 0.25) is 0 Å². The number of carbonyl (C=O) groups is 1. The van der Waals surface area contributed by atoms with Crippen LogP contribution in [0.25, 0.3) is 0 Å². The van der Waals surface area contributed by atoms with E-state index in [-0.39, 0.29) is 5.78 Å². The summed E-state index contributed by atoms with van der Waals surface area (Å²) in [5.41, 5.74) is 0. The summed E-state index contributed by atoms with van der Waals surface area (Å²) < 4.78 is 1.30. The maximum absolute atomic E-state index is 11.4. The first kappa shape index (κ1) is 13.8. The predicted molar refractivity (Wildman–Crippen MR) is 67.6 cm³/mol. The standard InChI is InChI=1S/C9H13Br3O/c1-2-3-4-5-6-7(13)8(10)9(11)12/h2-6H2,1H3. The molecule has 0 aliphatic rings. The molecule has 0 rings (SSSR count). The van der Waals surface area contributed by atoms with E-state index in [1.54, 1.807) is 0 Å². The summed E-state index contributed by atoms with van der Waals surface area (Å²) >= 11 is 9.60. The number of hydrogen-bond acceptors (Lipinski definition) is 1. The van der Waals surface area contributed by atoms with Gasteiger partial charge in [0.2, 0.25) is 0 Å². The van der Waals surface area contributed by atoms with Crippen molar-refractivity contribution in [2.45, 2.75) is 39.0 Å². The van der Waals surface area contributed by atoms with Gasteiger partial charge in [0.05, 0.1) is 7.87 Å². The van der Waals surface area contributed by atoms with Crippen molar-refractivity contribution in [3.05, 3.63) is 7.87 Å². The van der Waals surface area contributed by atoms with E-state index >= 15 is 0 Å². The lowest BCUT2D eigenvalue weighted by atomic mass is 10.1. The Morgan fingerprint density at radius 2 is 1.69 bits per heavy atom. The first-order valence-corrected chi connectivity index (χ1v) is 6.71. The maximum Gasteiger partial charge on any atom is 0.171 e. The minimum atomic E-state index is 0.153. The van der Waals surface area contributed by atoms with Crippen molar-refractivity contribution >= 4 is 53.6 Å². The molecule has 0 atom stereocenters. The molecule has 0 unspecified atom stereocenters. The van der Waals surface area contributed by atoms with Gasteiger partial charge in [-0.1, -0.05) is 26.2 Å². The molecule has 76 valence electrons. The first-order chi connectivity index (χ1) is 6.09. The fourth-order valence-electron chi connectivity index (χ4n) is 0.927. The highest BCUT2D eigenvalue weighted by Crippen LogP contribution is 2.25. The van der Waals surface area contributed by atoms with Gasteiger partial charge in [-0.3, -0.25) is 4.79 Å². The Morgan fingerprint density at radius 3 is 2.15 bits per heavy atom. The first-order valence-electron chi connectivity index (χ1n) is 4.33. The Morgan fingerprint density at radius 1 is 1.08 bits per heavy atom. The highest BCUT2D eigenvalue weighted by molar-refractivity contribution is 9.29. The van der Waals surface area contributed by atoms with Gasteiger partial charge in [-0.05, 0) is 54.2 Å². The second-order valence-corrected chi connectivity index (χ2v) is 6.25. The van der Waals surface area contributed by atoms with E-state index in [4.69, 9.17) is 0 Å². The molecule has 0 aromatic heterocycles. The summed E-state index contributed by atoms with van der Waals surface area (Å²) in [6.07, 6.45) is 5.16. The molecule has 0 saturated heterocycles. The van der Waals surface area contributed by atoms with Gasteiger partial charge in [-0.25, -0.2) is 0 Å². The summed E-state index contributed by atoms with van der Waals surface area (Å²) in [5.74, 6) is 0.153. The van der Waals surface area contributed by atoms with E-state index in [9.17, 15) is 4.79 Å². The number of hydrogen-bond donors (Lipinski definition) is 0. The van der Waals surface area contributed by atoms with Crippen LogP contribution in [-0.4, -0.2) is 5.78 Å². The Balaban J connectivity index is 3.70. The second-order valence-electron chi connectivity index (χ2n) is 2.81. The van der Waals surface area contributed by atoms with Crippen LogP contribution in [0.3, 0.4) is 0 Å². The average Bonchev–Trinajstić information content (AvgIpc) is 2.10. The number of halogens is 3. The third-order valence-electron chi connectivity index (χ3n) is 1.67. The summed E-state index contributed by atoms with van der Waals surface area (Å²) in [6.45, 7) is 2.16. The molecule has 0 aromatic rings. The molecule has 0 heterocycles. The van der Waals surface area contributed by atoms with E-state index < -0.39 is 0 Å². The SMILES string of the molecule is CCCCCCC(=O)C(Br)=C(Br)Br. The van der Waals surface area contributed by atoms with E-state index in [1.807, 2.05) is 0 Å². The Hall–Kier alpha value is 0.850. The monoisotopic (exact) mass is 374 g/mol. The van der Waals surface area contributed by atoms with Gasteiger partial charge < -0.3 is 0 Å². The van der Waals surface area contributed by atoms with Gasteiger partial charge in [0.15, 0.2) is 5.78 Å². The number of Topliss-reactive ketones (excluding diaryl/α,β-unsaturated/α-hetero) is 1. The van der Waals surface area contributed by atoms with Crippen LogP contribution in [-0.2, 0) is 4.79 Å². The molecule has 0 aromatic carbocycles. The van der Waals surface area contributed by atoms with Gasteiger partial charge in [0.25, 0.3) is 0 Å². The average molecular weight is 377 g/mol. The number of allylic oxidation sites excluding steroid dienone is 1. The van der Waals surface area contributed by atoms with Crippen molar-refractivity contribution in [2.75, 3.05) is 0 Å². The van der Waals surface area contributed by atoms with Crippen molar-refractivity contribution < 1.29 is 4.79 Å². The molecular weight excluding hydrogens is 364 g/mol. The molecule has 0 aliphatic heterocycles. The predicted octanol–water partition coefficient (Wildman–Crippen LogP) is 4.88. The lowest BCUT2D eigenvalue weighted by Crippen LogP contribution is -1.97. The van der Waals surface area contributed by atoms with Gasteiger partial charge in [-0.2, -0.15) is 0 Å². The molecule has 0 saturated carbocycles. The minimum absolute atomic E-state index is 0.153. The largest absolute Gasteiger partial charge is 0.294 e. The summed E-state index contributed by atoms with van der Waals surface area (Å²) in [6, 6.07) is 0. The van der Waals surface area contributed by atoms with Crippen LogP contribution >= 0.6 is 47.8 Å². The molecular formula is C9H13Br3O. The van der Waals surface area contributed by atoms with Gasteiger partial charge in [0, 0.05) is 6.42 Å². The van der Waals surface area contributed by atoms with E-state index in [0.717, 1.165) is 12.8 Å². The number of unbranched alkanes of at least 4 members (excludes halogenated alkanes) is 3. The van der Waals surface area contributed by atoms with Gasteiger partial charge in [-0.15, -0.1) is 0 Å². The molecule has 0 fully saturated rings. The topological polar surface area (TPSA) is 17.1 Å². The number of rotatable bonds is 6. The van der Waals surface area contributed by atoms with Crippen molar-refractivity contribution in [1.82, 2.24) is 0 Å².